The van der Waals surface area contributed by atoms with Crippen molar-refractivity contribution in [2.75, 3.05) is 0 Å². The van der Waals surface area contributed by atoms with Crippen LogP contribution in [0, 0.1) is 12.3 Å². The molecule has 0 aromatic heterocycles. The van der Waals surface area contributed by atoms with E-state index in [4.69, 9.17) is 6.42 Å². The van der Waals surface area contributed by atoms with Gasteiger partial charge in [-0.05, 0) is 12.5 Å². The average Bonchev–Trinajstić information content (AvgIpc) is 2.16. The SMILES string of the molecule is C#CC(C)NCc1ccccc1. The molecule has 0 bridgehead atoms. The van der Waals surface area contributed by atoms with Gasteiger partial charge in [-0.2, -0.15) is 0 Å². The normalized spacial score (nSPS) is 12.0. The standard InChI is InChI=1S/C11H13N/c1-3-10(2)12-9-11-7-5-4-6-8-11/h1,4-8,10,12H,9H2,2H3. The van der Waals surface area contributed by atoms with Crippen molar-refractivity contribution in [3.05, 3.63) is 35.9 Å². The van der Waals surface area contributed by atoms with Gasteiger partial charge >= 0.3 is 0 Å². The van der Waals surface area contributed by atoms with E-state index in [1.54, 1.807) is 0 Å². The fourth-order valence-electron chi connectivity index (χ4n) is 0.926. The summed E-state index contributed by atoms with van der Waals surface area (Å²) in [6, 6.07) is 10.4. The maximum atomic E-state index is 5.22. The average molecular weight is 159 g/mol. The van der Waals surface area contributed by atoms with Gasteiger partial charge in [0.05, 0.1) is 6.04 Å². The summed E-state index contributed by atoms with van der Waals surface area (Å²) in [6.45, 7) is 2.81. The van der Waals surface area contributed by atoms with E-state index in [0.717, 1.165) is 6.54 Å². The molecular formula is C11H13N. The maximum absolute atomic E-state index is 5.22. The molecule has 1 aromatic rings. The molecule has 1 heteroatoms. The van der Waals surface area contributed by atoms with Crippen LogP contribution in [-0.2, 0) is 6.54 Å². The lowest BCUT2D eigenvalue weighted by molar-refractivity contribution is 0.648. The van der Waals surface area contributed by atoms with Crippen molar-refractivity contribution in [1.82, 2.24) is 5.32 Å². The lowest BCUT2D eigenvalue weighted by atomic mass is 10.2. The van der Waals surface area contributed by atoms with E-state index < -0.39 is 0 Å². The fourth-order valence-corrected chi connectivity index (χ4v) is 0.926. The molecule has 1 nitrogen and oxygen atoms in total. The summed E-state index contributed by atoms with van der Waals surface area (Å²) in [4.78, 5) is 0. The fraction of sp³-hybridized carbons (Fsp3) is 0.273. The number of terminal acetylenes is 1. The zero-order valence-corrected chi connectivity index (χ0v) is 7.25. The van der Waals surface area contributed by atoms with Crippen molar-refractivity contribution in [2.24, 2.45) is 0 Å². The largest absolute Gasteiger partial charge is 0.300 e. The minimum atomic E-state index is 0.144. The van der Waals surface area contributed by atoms with E-state index in [0.29, 0.717) is 0 Å². The molecule has 0 saturated carbocycles. The summed E-state index contributed by atoms with van der Waals surface area (Å²) in [5, 5.41) is 3.21. The molecule has 0 saturated heterocycles. The third kappa shape index (κ3) is 2.77. The quantitative estimate of drug-likeness (QED) is 0.663. The Kier molecular flexibility index (Phi) is 3.37. The molecule has 0 aliphatic rings. The molecule has 0 aliphatic carbocycles. The summed E-state index contributed by atoms with van der Waals surface area (Å²) in [5.74, 6) is 2.62. The highest BCUT2D eigenvalue weighted by molar-refractivity contribution is 5.14. The van der Waals surface area contributed by atoms with Gasteiger partial charge in [-0.3, -0.25) is 5.32 Å². The molecule has 1 rings (SSSR count). The molecule has 0 amide bonds. The van der Waals surface area contributed by atoms with Crippen LogP contribution in [0.3, 0.4) is 0 Å². The monoisotopic (exact) mass is 159 g/mol. The second-order valence-electron chi connectivity index (χ2n) is 2.75. The first-order valence-electron chi connectivity index (χ1n) is 4.06. The van der Waals surface area contributed by atoms with Crippen molar-refractivity contribution in [1.29, 1.82) is 0 Å². The van der Waals surface area contributed by atoms with Crippen LogP contribution in [0.15, 0.2) is 30.3 Å². The Morgan fingerprint density at radius 1 is 1.42 bits per heavy atom. The van der Waals surface area contributed by atoms with Crippen LogP contribution in [0.25, 0.3) is 0 Å². The molecule has 1 atom stereocenters. The second kappa shape index (κ2) is 4.58. The zero-order valence-electron chi connectivity index (χ0n) is 7.25. The number of nitrogens with one attached hydrogen (secondary N) is 1. The van der Waals surface area contributed by atoms with Crippen molar-refractivity contribution in [3.63, 3.8) is 0 Å². The minimum Gasteiger partial charge on any atom is -0.300 e. The molecule has 0 spiro atoms. The molecule has 12 heavy (non-hydrogen) atoms. The van der Waals surface area contributed by atoms with E-state index in [9.17, 15) is 0 Å². The van der Waals surface area contributed by atoms with Crippen LogP contribution >= 0.6 is 0 Å². The van der Waals surface area contributed by atoms with Gasteiger partial charge in [-0.15, -0.1) is 6.42 Å². The van der Waals surface area contributed by atoms with E-state index in [1.165, 1.54) is 5.56 Å². The Labute approximate surface area is 73.8 Å². The van der Waals surface area contributed by atoms with Gasteiger partial charge < -0.3 is 0 Å². The molecule has 62 valence electrons. The maximum Gasteiger partial charge on any atom is 0.0660 e. The van der Waals surface area contributed by atoms with Crippen LogP contribution in [0.4, 0.5) is 0 Å². The smallest absolute Gasteiger partial charge is 0.0660 e. The summed E-state index contributed by atoms with van der Waals surface area (Å²) in [7, 11) is 0. The van der Waals surface area contributed by atoms with Crippen molar-refractivity contribution in [2.45, 2.75) is 19.5 Å². The van der Waals surface area contributed by atoms with Crippen molar-refractivity contribution >= 4 is 0 Å². The summed E-state index contributed by atoms with van der Waals surface area (Å²) >= 11 is 0. The van der Waals surface area contributed by atoms with E-state index >= 15 is 0 Å². The van der Waals surface area contributed by atoms with Crippen molar-refractivity contribution < 1.29 is 0 Å². The molecule has 0 fully saturated rings. The molecule has 1 unspecified atom stereocenters. The topological polar surface area (TPSA) is 12.0 Å². The van der Waals surface area contributed by atoms with Gasteiger partial charge in [0.1, 0.15) is 0 Å². The third-order valence-corrected chi connectivity index (χ3v) is 1.71. The van der Waals surface area contributed by atoms with Gasteiger partial charge in [0, 0.05) is 6.54 Å². The predicted octanol–water partition coefficient (Wildman–Crippen LogP) is 1.80. The summed E-state index contributed by atoms with van der Waals surface area (Å²) in [6.07, 6.45) is 5.22. The molecule has 1 aromatic carbocycles. The lowest BCUT2D eigenvalue weighted by Crippen LogP contribution is -2.23. The van der Waals surface area contributed by atoms with Gasteiger partial charge in [0.2, 0.25) is 0 Å². The molecule has 0 radical (unpaired) electrons. The molecule has 0 heterocycles. The van der Waals surface area contributed by atoms with Crippen LogP contribution in [0.1, 0.15) is 12.5 Å². The predicted molar refractivity (Wildman–Crippen MR) is 51.6 cm³/mol. The highest BCUT2D eigenvalue weighted by Crippen LogP contribution is 1.97. The third-order valence-electron chi connectivity index (χ3n) is 1.71. The van der Waals surface area contributed by atoms with Gasteiger partial charge in [0.25, 0.3) is 0 Å². The van der Waals surface area contributed by atoms with Gasteiger partial charge in [-0.1, -0.05) is 36.3 Å². The Bertz CT molecular complexity index is 258. The Morgan fingerprint density at radius 2 is 2.08 bits per heavy atom. The van der Waals surface area contributed by atoms with E-state index in [2.05, 4.69) is 23.4 Å². The number of benzene rings is 1. The summed E-state index contributed by atoms with van der Waals surface area (Å²) < 4.78 is 0. The lowest BCUT2D eigenvalue weighted by Gasteiger charge is -2.06. The van der Waals surface area contributed by atoms with Gasteiger partial charge in [-0.25, -0.2) is 0 Å². The first kappa shape index (κ1) is 8.83. The summed E-state index contributed by atoms with van der Waals surface area (Å²) in [5.41, 5.74) is 1.26. The first-order chi connectivity index (χ1) is 5.83. The minimum absolute atomic E-state index is 0.144. The highest BCUT2D eigenvalue weighted by Gasteiger charge is 1.94. The molecule has 1 N–H and O–H groups in total. The van der Waals surface area contributed by atoms with Crippen LogP contribution in [0.2, 0.25) is 0 Å². The molecule has 0 aliphatic heterocycles. The first-order valence-corrected chi connectivity index (χ1v) is 4.06. The molecular weight excluding hydrogens is 146 g/mol. The van der Waals surface area contributed by atoms with Gasteiger partial charge in [0.15, 0.2) is 0 Å². The van der Waals surface area contributed by atoms with Crippen molar-refractivity contribution in [3.8, 4) is 12.3 Å². The highest BCUT2D eigenvalue weighted by atomic mass is 14.9. The Hall–Kier alpha value is -1.26. The zero-order chi connectivity index (χ0) is 8.81. The number of hydrogen-bond acceptors (Lipinski definition) is 1. The Morgan fingerprint density at radius 3 is 2.67 bits per heavy atom. The van der Waals surface area contributed by atoms with Crippen LogP contribution in [-0.4, -0.2) is 6.04 Å². The van der Waals surface area contributed by atoms with Crippen LogP contribution in [0.5, 0.6) is 0 Å². The second-order valence-corrected chi connectivity index (χ2v) is 2.75. The van der Waals surface area contributed by atoms with E-state index in [1.807, 2.05) is 25.1 Å². The van der Waals surface area contributed by atoms with Crippen LogP contribution < -0.4 is 5.32 Å². The van der Waals surface area contributed by atoms with E-state index in [-0.39, 0.29) is 6.04 Å². The Balaban J connectivity index is 2.40. The number of rotatable bonds is 3. The number of hydrogen-bond donors (Lipinski definition) is 1.